The fourth-order valence-corrected chi connectivity index (χ4v) is 5.33. The van der Waals surface area contributed by atoms with Crippen LogP contribution in [0.5, 0.6) is 5.75 Å². The molecule has 31 heavy (non-hydrogen) atoms. The maximum absolute atomic E-state index is 12.9. The number of hydrogen-bond acceptors (Lipinski definition) is 6. The lowest BCUT2D eigenvalue weighted by atomic mass is 10.00. The van der Waals surface area contributed by atoms with E-state index >= 15 is 0 Å². The van der Waals surface area contributed by atoms with Gasteiger partial charge in [0, 0.05) is 35.6 Å². The van der Waals surface area contributed by atoms with Crippen LogP contribution in [0.1, 0.15) is 18.4 Å². The van der Waals surface area contributed by atoms with Crippen LogP contribution in [-0.2, 0) is 14.8 Å². The first-order valence-electron chi connectivity index (χ1n) is 9.76. The first-order valence-corrected chi connectivity index (χ1v) is 11.6. The summed E-state index contributed by atoms with van der Waals surface area (Å²) in [5, 5.41) is 1.19. The Balaban J connectivity index is 1.51. The monoisotopic (exact) mass is 461 g/mol. The summed E-state index contributed by atoms with van der Waals surface area (Å²) in [7, 11) is -3.74. The normalized spacial score (nSPS) is 17.5. The summed E-state index contributed by atoms with van der Waals surface area (Å²) >= 11 is 5.85. The molecule has 0 N–H and O–H groups in total. The first kappa shape index (κ1) is 21.5. The van der Waals surface area contributed by atoms with Crippen LogP contribution in [0.2, 0.25) is 5.02 Å². The summed E-state index contributed by atoms with van der Waals surface area (Å²) in [5.74, 6) is -0.884. The Bertz CT molecular complexity index is 1300. The van der Waals surface area contributed by atoms with E-state index < -0.39 is 27.5 Å². The van der Waals surface area contributed by atoms with Gasteiger partial charge in [-0.25, -0.2) is 13.2 Å². The van der Waals surface area contributed by atoms with Crippen molar-refractivity contribution in [1.29, 1.82) is 0 Å². The summed E-state index contributed by atoms with van der Waals surface area (Å²) in [4.78, 5) is 24.5. The molecule has 0 saturated carbocycles. The van der Waals surface area contributed by atoms with Crippen LogP contribution in [0.3, 0.4) is 0 Å². The van der Waals surface area contributed by atoms with Crippen molar-refractivity contribution in [2.45, 2.75) is 24.7 Å². The van der Waals surface area contributed by atoms with E-state index in [4.69, 9.17) is 20.8 Å². The van der Waals surface area contributed by atoms with E-state index in [-0.39, 0.29) is 17.2 Å². The molecule has 2 heterocycles. The number of nitrogens with zero attached hydrogens (tertiary/aromatic N) is 1. The summed E-state index contributed by atoms with van der Waals surface area (Å²) in [6.07, 6.45) is 1.06. The lowest BCUT2D eigenvalue weighted by Gasteiger charge is -2.30. The third-order valence-corrected chi connectivity index (χ3v) is 7.44. The smallest absolute Gasteiger partial charge is 0.336 e. The molecule has 2 aromatic carbocycles. The molecule has 1 aliphatic heterocycles. The average Bonchev–Trinajstić information content (AvgIpc) is 2.73. The topological polar surface area (TPSA) is 93.9 Å². The number of hydrogen-bond donors (Lipinski definition) is 0. The fraction of sp³-hybridized carbons (Fsp3) is 0.273. The molecule has 1 aliphatic rings. The van der Waals surface area contributed by atoms with Crippen LogP contribution < -0.4 is 10.4 Å². The number of benzene rings is 2. The van der Waals surface area contributed by atoms with E-state index in [1.807, 2.05) is 0 Å². The van der Waals surface area contributed by atoms with E-state index in [0.717, 1.165) is 10.9 Å². The molecule has 7 nitrogen and oxygen atoms in total. The standard InChI is InChI=1S/C22H20ClNO6S/c1-14-11-21(25)30-20-12-17(6-9-19(14)20)29-22(26)15-3-2-10-24(13-15)31(27,28)18-7-4-16(23)5-8-18/h4-9,11-12,15H,2-3,10,13H2,1H3. The van der Waals surface area contributed by atoms with Crippen molar-refractivity contribution in [2.75, 3.05) is 13.1 Å². The van der Waals surface area contributed by atoms with Crippen molar-refractivity contribution < 1.29 is 22.4 Å². The highest BCUT2D eigenvalue weighted by Crippen LogP contribution is 2.27. The summed E-state index contributed by atoms with van der Waals surface area (Å²) in [5.41, 5.74) is 0.606. The van der Waals surface area contributed by atoms with Crippen molar-refractivity contribution in [3.05, 3.63) is 69.5 Å². The van der Waals surface area contributed by atoms with Crippen LogP contribution >= 0.6 is 11.6 Å². The third-order valence-electron chi connectivity index (χ3n) is 5.31. The fourth-order valence-electron chi connectivity index (χ4n) is 3.68. The lowest BCUT2D eigenvalue weighted by Crippen LogP contribution is -2.43. The van der Waals surface area contributed by atoms with Crippen molar-refractivity contribution in [3.63, 3.8) is 0 Å². The quantitative estimate of drug-likeness (QED) is 0.333. The molecule has 162 valence electrons. The molecule has 0 spiro atoms. The molecule has 4 rings (SSSR count). The van der Waals surface area contributed by atoms with Gasteiger partial charge < -0.3 is 9.15 Å². The number of carbonyl (C=O) groups excluding carboxylic acids is 1. The Morgan fingerprint density at radius 3 is 2.65 bits per heavy atom. The second-order valence-corrected chi connectivity index (χ2v) is 9.86. The van der Waals surface area contributed by atoms with Crippen LogP contribution in [0, 0.1) is 12.8 Å². The van der Waals surface area contributed by atoms with Crippen molar-refractivity contribution >= 4 is 38.6 Å². The Labute approximate surface area is 184 Å². The van der Waals surface area contributed by atoms with Gasteiger partial charge in [0.25, 0.3) is 0 Å². The zero-order chi connectivity index (χ0) is 22.2. The molecular formula is C22H20ClNO6S. The Hall–Kier alpha value is -2.68. The summed E-state index contributed by atoms with van der Waals surface area (Å²) < 4.78 is 37.8. The van der Waals surface area contributed by atoms with Gasteiger partial charge in [0.15, 0.2) is 0 Å². The van der Waals surface area contributed by atoms with Crippen LogP contribution in [0.4, 0.5) is 0 Å². The highest BCUT2D eigenvalue weighted by molar-refractivity contribution is 7.89. The third kappa shape index (κ3) is 4.51. The van der Waals surface area contributed by atoms with E-state index in [1.54, 1.807) is 19.1 Å². The van der Waals surface area contributed by atoms with Crippen LogP contribution in [-0.4, -0.2) is 31.8 Å². The van der Waals surface area contributed by atoms with Gasteiger partial charge in [-0.1, -0.05) is 11.6 Å². The van der Waals surface area contributed by atoms with E-state index in [9.17, 15) is 18.0 Å². The van der Waals surface area contributed by atoms with Gasteiger partial charge in [-0.05, 0) is 61.7 Å². The predicted molar refractivity (Wildman–Crippen MR) is 116 cm³/mol. The predicted octanol–water partition coefficient (Wildman–Crippen LogP) is 3.76. The Morgan fingerprint density at radius 1 is 1.16 bits per heavy atom. The number of piperidine rings is 1. The number of aryl methyl sites for hydroxylation is 1. The number of halogens is 1. The maximum atomic E-state index is 12.9. The van der Waals surface area contributed by atoms with Gasteiger partial charge in [0.2, 0.25) is 10.0 Å². The van der Waals surface area contributed by atoms with Gasteiger partial charge in [-0.3, -0.25) is 4.79 Å². The minimum absolute atomic E-state index is 0.0333. The van der Waals surface area contributed by atoms with Crippen molar-refractivity contribution in [3.8, 4) is 5.75 Å². The van der Waals surface area contributed by atoms with E-state index in [0.29, 0.717) is 30.0 Å². The molecule has 1 unspecified atom stereocenters. The Morgan fingerprint density at radius 2 is 1.90 bits per heavy atom. The van der Waals surface area contributed by atoms with Gasteiger partial charge in [-0.15, -0.1) is 0 Å². The maximum Gasteiger partial charge on any atom is 0.336 e. The lowest BCUT2D eigenvalue weighted by molar-refractivity contribution is -0.140. The molecule has 0 aliphatic carbocycles. The molecule has 1 saturated heterocycles. The molecule has 3 aromatic rings. The molecule has 0 bridgehead atoms. The summed E-state index contributed by atoms with van der Waals surface area (Å²) in [6.45, 7) is 2.16. The second-order valence-electron chi connectivity index (χ2n) is 7.48. The SMILES string of the molecule is Cc1cc(=O)oc2cc(OC(=O)C3CCCN(S(=O)(=O)c4ccc(Cl)cc4)C3)ccc12. The van der Waals surface area contributed by atoms with E-state index in [2.05, 4.69) is 0 Å². The average molecular weight is 462 g/mol. The highest BCUT2D eigenvalue weighted by Gasteiger charge is 2.34. The van der Waals surface area contributed by atoms with Crippen molar-refractivity contribution in [1.82, 2.24) is 4.31 Å². The number of esters is 1. The Kier molecular flexibility index (Phi) is 5.88. The number of rotatable bonds is 4. The van der Waals surface area contributed by atoms with E-state index in [1.165, 1.54) is 40.7 Å². The number of sulfonamides is 1. The number of fused-ring (bicyclic) bond motifs is 1. The molecule has 1 fully saturated rings. The van der Waals surface area contributed by atoms with Crippen molar-refractivity contribution in [2.24, 2.45) is 5.92 Å². The van der Waals surface area contributed by atoms with Crippen LogP contribution in [0.25, 0.3) is 11.0 Å². The van der Waals surface area contributed by atoms with Gasteiger partial charge >= 0.3 is 11.6 Å². The van der Waals surface area contributed by atoms with Gasteiger partial charge in [-0.2, -0.15) is 4.31 Å². The minimum Gasteiger partial charge on any atom is -0.426 e. The number of carbonyl (C=O) groups is 1. The van der Waals surface area contributed by atoms with Gasteiger partial charge in [0.05, 0.1) is 10.8 Å². The molecule has 1 atom stereocenters. The second kappa shape index (κ2) is 8.45. The molecule has 0 radical (unpaired) electrons. The molecule has 1 aromatic heterocycles. The molecule has 9 heteroatoms. The zero-order valence-corrected chi connectivity index (χ0v) is 18.3. The van der Waals surface area contributed by atoms with Crippen LogP contribution in [0.15, 0.2) is 62.6 Å². The highest BCUT2D eigenvalue weighted by atomic mass is 35.5. The molecular weight excluding hydrogens is 442 g/mol. The zero-order valence-electron chi connectivity index (χ0n) is 16.7. The first-order chi connectivity index (χ1) is 14.7. The number of ether oxygens (including phenoxy) is 1. The minimum atomic E-state index is -3.74. The molecule has 0 amide bonds. The largest absolute Gasteiger partial charge is 0.426 e. The van der Waals surface area contributed by atoms with Gasteiger partial charge in [0.1, 0.15) is 11.3 Å². The summed E-state index contributed by atoms with van der Waals surface area (Å²) in [6, 6.07) is 12.2.